The molecular weight excluding hydrogens is 408 g/mol. The molecule has 0 N–H and O–H groups in total. The molecule has 0 saturated heterocycles. The Kier molecular flexibility index (Phi) is 6.23. The number of carbonyl (C=O) groups excluding carboxylic acids is 1. The van der Waals surface area contributed by atoms with Gasteiger partial charge < -0.3 is 0 Å². The third kappa shape index (κ3) is 4.14. The van der Waals surface area contributed by atoms with Gasteiger partial charge in [-0.1, -0.05) is 75.4 Å². The second-order valence-corrected chi connectivity index (χ2v) is 8.88. The number of Topliss-reactive ketones (excluding diaryl/α,β-unsaturated/α-hetero) is 1. The summed E-state index contributed by atoms with van der Waals surface area (Å²) < 4.78 is 3.58. The zero-order valence-electron chi connectivity index (χ0n) is 18.0. The number of hydrogen-bond acceptors (Lipinski definition) is 5. The van der Waals surface area contributed by atoms with Gasteiger partial charge in [0.05, 0.1) is 16.7 Å². The lowest BCUT2D eigenvalue weighted by atomic mass is 10.0. The smallest absolute Gasteiger partial charge is 0.262 e. The molecule has 2 heterocycles. The van der Waals surface area contributed by atoms with E-state index in [-0.39, 0.29) is 17.1 Å². The number of benzene rings is 2. The first-order chi connectivity index (χ1) is 15.0. The minimum absolute atomic E-state index is 0.0423. The van der Waals surface area contributed by atoms with Crippen molar-refractivity contribution in [3.63, 3.8) is 0 Å². The standard InChI is InChI=1S/C24H26N4O2S/c1-4-5-14-27-22(30)19-8-6-7-9-20(19)28-23(27)25-26-24(28)31-15-21(29)18-12-10-17(11-13-18)16(2)3/h6-13,16H,4-5,14-15H2,1-3H3. The maximum absolute atomic E-state index is 13.0. The maximum atomic E-state index is 13.0. The minimum atomic E-state index is -0.0539. The van der Waals surface area contributed by atoms with Crippen LogP contribution in [0.2, 0.25) is 0 Å². The van der Waals surface area contributed by atoms with Crippen LogP contribution in [0, 0.1) is 0 Å². The zero-order valence-corrected chi connectivity index (χ0v) is 18.9. The molecule has 0 aliphatic heterocycles. The highest BCUT2D eigenvalue weighted by molar-refractivity contribution is 7.99. The normalized spacial score (nSPS) is 11.6. The molecule has 6 nitrogen and oxygen atoms in total. The number of carbonyl (C=O) groups is 1. The largest absolute Gasteiger partial charge is 0.293 e. The first kappa shape index (κ1) is 21.3. The van der Waals surface area contributed by atoms with E-state index in [0.717, 1.165) is 18.4 Å². The molecule has 4 rings (SSSR count). The molecule has 2 aromatic heterocycles. The van der Waals surface area contributed by atoms with Crippen molar-refractivity contribution in [3.05, 3.63) is 70.0 Å². The van der Waals surface area contributed by atoms with Crippen molar-refractivity contribution in [2.24, 2.45) is 0 Å². The molecule has 0 aliphatic carbocycles. The maximum Gasteiger partial charge on any atom is 0.262 e. The Balaban J connectivity index is 1.67. The highest BCUT2D eigenvalue weighted by Gasteiger charge is 2.18. The Hall–Kier alpha value is -2.93. The van der Waals surface area contributed by atoms with Crippen LogP contribution >= 0.6 is 11.8 Å². The van der Waals surface area contributed by atoms with Crippen LogP contribution < -0.4 is 5.56 Å². The van der Waals surface area contributed by atoms with Crippen molar-refractivity contribution in [2.45, 2.75) is 51.2 Å². The lowest BCUT2D eigenvalue weighted by Gasteiger charge is -2.10. The molecular formula is C24H26N4O2S. The highest BCUT2D eigenvalue weighted by Crippen LogP contribution is 2.23. The van der Waals surface area contributed by atoms with E-state index in [9.17, 15) is 9.59 Å². The Bertz CT molecular complexity index is 1290. The summed E-state index contributed by atoms with van der Waals surface area (Å²) in [5, 5.41) is 9.87. The summed E-state index contributed by atoms with van der Waals surface area (Å²) in [5.74, 6) is 1.25. The predicted octanol–water partition coefficient (Wildman–Crippen LogP) is 4.94. The number of ketones is 1. The second-order valence-electron chi connectivity index (χ2n) is 7.93. The van der Waals surface area contributed by atoms with E-state index in [1.807, 2.05) is 52.9 Å². The van der Waals surface area contributed by atoms with Crippen molar-refractivity contribution in [1.82, 2.24) is 19.2 Å². The first-order valence-electron chi connectivity index (χ1n) is 10.6. The monoisotopic (exact) mass is 434 g/mol. The molecule has 2 aromatic carbocycles. The van der Waals surface area contributed by atoms with Gasteiger partial charge in [-0.25, -0.2) is 0 Å². The van der Waals surface area contributed by atoms with Crippen LogP contribution in [0.3, 0.4) is 0 Å². The Labute approximate surface area is 185 Å². The van der Waals surface area contributed by atoms with Gasteiger partial charge in [0.1, 0.15) is 0 Å². The van der Waals surface area contributed by atoms with Crippen molar-refractivity contribution in [1.29, 1.82) is 0 Å². The topological polar surface area (TPSA) is 69.3 Å². The number of unbranched alkanes of at least 4 members (excludes halogenated alkanes) is 1. The van der Waals surface area contributed by atoms with Gasteiger partial charge in [0.15, 0.2) is 10.9 Å². The first-order valence-corrected chi connectivity index (χ1v) is 11.6. The van der Waals surface area contributed by atoms with E-state index in [4.69, 9.17) is 0 Å². The molecule has 0 unspecified atom stereocenters. The van der Waals surface area contributed by atoms with Gasteiger partial charge >= 0.3 is 0 Å². The summed E-state index contributed by atoms with van der Waals surface area (Å²) in [6.45, 7) is 6.95. The summed E-state index contributed by atoms with van der Waals surface area (Å²) in [6.07, 6.45) is 1.86. The number of nitrogens with zero attached hydrogens (tertiary/aromatic N) is 4. The molecule has 7 heteroatoms. The van der Waals surface area contributed by atoms with Gasteiger partial charge in [0.25, 0.3) is 5.56 Å². The molecule has 0 bridgehead atoms. The fraction of sp³-hybridized carbons (Fsp3) is 0.333. The number of rotatable bonds is 8. The lowest BCUT2D eigenvalue weighted by molar-refractivity contribution is 0.102. The number of fused-ring (bicyclic) bond motifs is 3. The summed E-state index contributed by atoms with van der Waals surface area (Å²) in [4.78, 5) is 25.8. The number of para-hydroxylation sites is 1. The fourth-order valence-electron chi connectivity index (χ4n) is 3.61. The van der Waals surface area contributed by atoms with Crippen LogP contribution in [0.1, 0.15) is 55.5 Å². The summed E-state index contributed by atoms with van der Waals surface area (Å²) in [7, 11) is 0. The van der Waals surface area contributed by atoms with Gasteiger partial charge in [0, 0.05) is 12.1 Å². The fourth-order valence-corrected chi connectivity index (χ4v) is 4.45. The van der Waals surface area contributed by atoms with Crippen LogP contribution in [-0.4, -0.2) is 30.7 Å². The second kappa shape index (κ2) is 9.06. The van der Waals surface area contributed by atoms with E-state index in [1.165, 1.54) is 17.3 Å². The van der Waals surface area contributed by atoms with Crippen LogP contribution in [0.5, 0.6) is 0 Å². The highest BCUT2D eigenvalue weighted by atomic mass is 32.2. The molecule has 0 atom stereocenters. The molecule has 0 fully saturated rings. The molecule has 0 amide bonds. The minimum Gasteiger partial charge on any atom is -0.293 e. The van der Waals surface area contributed by atoms with Crippen molar-refractivity contribution < 1.29 is 4.79 Å². The van der Waals surface area contributed by atoms with Crippen molar-refractivity contribution >= 4 is 34.2 Å². The lowest BCUT2D eigenvalue weighted by Crippen LogP contribution is -2.23. The Morgan fingerprint density at radius 3 is 2.52 bits per heavy atom. The van der Waals surface area contributed by atoms with Gasteiger partial charge in [0.2, 0.25) is 5.78 Å². The van der Waals surface area contributed by atoms with E-state index < -0.39 is 0 Å². The van der Waals surface area contributed by atoms with Crippen LogP contribution in [0.15, 0.2) is 58.5 Å². The quantitative estimate of drug-likeness (QED) is 0.290. The van der Waals surface area contributed by atoms with Crippen molar-refractivity contribution in [2.75, 3.05) is 5.75 Å². The van der Waals surface area contributed by atoms with Crippen LogP contribution in [-0.2, 0) is 6.54 Å². The summed E-state index contributed by atoms with van der Waals surface area (Å²) in [5.41, 5.74) is 2.61. The Morgan fingerprint density at radius 1 is 1.06 bits per heavy atom. The van der Waals surface area contributed by atoms with E-state index in [1.54, 1.807) is 4.57 Å². The van der Waals surface area contributed by atoms with Crippen LogP contribution in [0.25, 0.3) is 16.7 Å². The molecule has 160 valence electrons. The van der Waals surface area contributed by atoms with E-state index >= 15 is 0 Å². The number of aryl methyl sites for hydroxylation is 1. The molecule has 0 saturated carbocycles. The third-order valence-electron chi connectivity index (χ3n) is 5.45. The summed E-state index contributed by atoms with van der Waals surface area (Å²) >= 11 is 1.35. The van der Waals surface area contributed by atoms with E-state index in [2.05, 4.69) is 31.0 Å². The number of thioether (sulfide) groups is 1. The SMILES string of the molecule is CCCCn1c(=O)c2ccccc2n2c(SCC(=O)c3ccc(C(C)C)cc3)nnc12. The molecule has 0 radical (unpaired) electrons. The number of hydrogen-bond donors (Lipinski definition) is 0. The Morgan fingerprint density at radius 2 is 1.81 bits per heavy atom. The molecule has 0 aliphatic rings. The van der Waals surface area contributed by atoms with Gasteiger partial charge in [-0.05, 0) is 30.0 Å². The predicted molar refractivity (Wildman–Crippen MR) is 125 cm³/mol. The molecule has 0 spiro atoms. The third-order valence-corrected chi connectivity index (χ3v) is 6.37. The summed E-state index contributed by atoms with van der Waals surface area (Å²) in [6, 6.07) is 15.3. The average molecular weight is 435 g/mol. The van der Waals surface area contributed by atoms with E-state index in [0.29, 0.717) is 34.3 Å². The van der Waals surface area contributed by atoms with Gasteiger partial charge in [-0.3, -0.25) is 18.6 Å². The zero-order chi connectivity index (χ0) is 22.0. The van der Waals surface area contributed by atoms with Crippen LogP contribution in [0.4, 0.5) is 0 Å². The number of aromatic nitrogens is 4. The van der Waals surface area contributed by atoms with Gasteiger partial charge in [-0.15, -0.1) is 10.2 Å². The molecule has 4 aromatic rings. The van der Waals surface area contributed by atoms with Gasteiger partial charge in [-0.2, -0.15) is 0 Å². The van der Waals surface area contributed by atoms with Crippen molar-refractivity contribution in [3.8, 4) is 0 Å². The average Bonchev–Trinajstić information content (AvgIpc) is 3.21. The molecule has 31 heavy (non-hydrogen) atoms.